The van der Waals surface area contributed by atoms with Gasteiger partial charge < -0.3 is 9.88 Å². The van der Waals surface area contributed by atoms with E-state index >= 15 is 0 Å². The predicted molar refractivity (Wildman–Crippen MR) is 119 cm³/mol. The second-order valence-corrected chi connectivity index (χ2v) is 9.07. The number of amides is 2. The highest BCUT2D eigenvalue weighted by Gasteiger charge is 2.39. The van der Waals surface area contributed by atoms with Crippen LogP contribution in [0.25, 0.3) is 10.9 Å². The van der Waals surface area contributed by atoms with Crippen LogP contribution >= 0.6 is 0 Å². The number of rotatable bonds is 5. The van der Waals surface area contributed by atoms with Gasteiger partial charge in [-0.1, -0.05) is 6.07 Å². The molecule has 0 saturated carbocycles. The molecule has 0 spiro atoms. The van der Waals surface area contributed by atoms with Crippen molar-refractivity contribution in [2.24, 2.45) is 11.8 Å². The number of hydrogen-bond acceptors (Lipinski definition) is 5. The third kappa shape index (κ3) is 4.14. The SMILES string of the molecule is CN(O)C(=O)c1cc2c(CN3CC[C@H]4CNC(=O)[C@H]4C3)cn(Cc3ccc(F)cc3F)c2cn1. The highest BCUT2D eigenvalue weighted by Crippen LogP contribution is 2.30. The summed E-state index contributed by atoms with van der Waals surface area (Å²) < 4.78 is 29.5. The van der Waals surface area contributed by atoms with Crippen molar-refractivity contribution >= 4 is 22.7 Å². The van der Waals surface area contributed by atoms with E-state index in [2.05, 4.69) is 15.2 Å². The van der Waals surface area contributed by atoms with Gasteiger partial charge in [-0.3, -0.25) is 19.7 Å². The first-order valence-electron chi connectivity index (χ1n) is 11.2. The molecule has 2 aliphatic heterocycles. The van der Waals surface area contributed by atoms with E-state index in [9.17, 15) is 23.6 Å². The lowest BCUT2D eigenvalue weighted by Gasteiger charge is -2.33. The minimum absolute atomic E-state index is 0.0303. The maximum absolute atomic E-state index is 14.3. The maximum atomic E-state index is 14.3. The van der Waals surface area contributed by atoms with Crippen LogP contribution in [0, 0.1) is 23.5 Å². The summed E-state index contributed by atoms with van der Waals surface area (Å²) in [5, 5.41) is 13.7. The van der Waals surface area contributed by atoms with E-state index in [1.54, 1.807) is 6.07 Å². The van der Waals surface area contributed by atoms with E-state index in [0.717, 1.165) is 36.5 Å². The Morgan fingerprint density at radius 3 is 2.85 bits per heavy atom. The number of fused-ring (bicyclic) bond motifs is 2. The van der Waals surface area contributed by atoms with Gasteiger partial charge in [0.2, 0.25) is 5.91 Å². The van der Waals surface area contributed by atoms with Gasteiger partial charge in [0.25, 0.3) is 5.91 Å². The van der Waals surface area contributed by atoms with Crippen molar-refractivity contribution in [2.45, 2.75) is 19.5 Å². The molecule has 34 heavy (non-hydrogen) atoms. The molecule has 4 heterocycles. The Hall–Kier alpha value is -3.37. The van der Waals surface area contributed by atoms with E-state index in [1.807, 2.05) is 10.8 Å². The predicted octanol–water partition coefficient (Wildman–Crippen LogP) is 2.39. The molecule has 178 valence electrons. The Morgan fingerprint density at radius 1 is 1.26 bits per heavy atom. The van der Waals surface area contributed by atoms with Gasteiger partial charge in [0, 0.05) is 49.9 Å². The molecule has 0 aliphatic carbocycles. The molecule has 2 amide bonds. The highest BCUT2D eigenvalue weighted by atomic mass is 19.1. The number of carbonyl (C=O) groups excluding carboxylic acids is 2. The van der Waals surface area contributed by atoms with Crippen LogP contribution in [0.3, 0.4) is 0 Å². The number of benzene rings is 1. The number of aromatic nitrogens is 2. The molecular formula is C24H25F2N5O3. The van der Waals surface area contributed by atoms with Gasteiger partial charge >= 0.3 is 0 Å². The molecule has 2 saturated heterocycles. The van der Waals surface area contributed by atoms with E-state index in [1.165, 1.54) is 25.4 Å². The number of halogens is 2. The summed E-state index contributed by atoms with van der Waals surface area (Å²) in [5.74, 6) is -1.51. The molecule has 2 aromatic heterocycles. The molecule has 2 atom stereocenters. The molecule has 2 fully saturated rings. The summed E-state index contributed by atoms with van der Waals surface area (Å²) in [6, 6.07) is 5.09. The fourth-order valence-electron chi connectivity index (χ4n) is 4.99. The smallest absolute Gasteiger partial charge is 0.295 e. The van der Waals surface area contributed by atoms with Crippen LogP contribution in [0.5, 0.6) is 0 Å². The molecular weight excluding hydrogens is 444 g/mol. The lowest BCUT2D eigenvalue weighted by molar-refractivity contribution is -0.124. The largest absolute Gasteiger partial charge is 0.356 e. The number of carbonyl (C=O) groups is 2. The lowest BCUT2D eigenvalue weighted by Crippen LogP contribution is -2.40. The fraction of sp³-hybridized carbons (Fsp3) is 0.375. The van der Waals surface area contributed by atoms with Gasteiger partial charge in [-0.2, -0.15) is 0 Å². The van der Waals surface area contributed by atoms with Crippen LogP contribution in [0.1, 0.15) is 28.0 Å². The molecule has 2 aliphatic rings. The van der Waals surface area contributed by atoms with Crippen LogP contribution in [0.15, 0.2) is 36.7 Å². The minimum atomic E-state index is -0.645. The van der Waals surface area contributed by atoms with Gasteiger partial charge in [0.1, 0.15) is 17.3 Å². The average Bonchev–Trinajstić information content (AvgIpc) is 3.35. The summed E-state index contributed by atoms with van der Waals surface area (Å²) >= 11 is 0. The van der Waals surface area contributed by atoms with Crippen molar-refractivity contribution < 1.29 is 23.6 Å². The molecule has 0 bridgehead atoms. The summed E-state index contributed by atoms with van der Waals surface area (Å²) in [7, 11) is 1.23. The third-order valence-corrected chi connectivity index (χ3v) is 6.83. The van der Waals surface area contributed by atoms with Crippen LogP contribution in [-0.4, -0.2) is 63.2 Å². The van der Waals surface area contributed by atoms with Crippen LogP contribution in [0.4, 0.5) is 8.78 Å². The standard InChI is InChI=1S/C24H25F2N5O3/c1-29(34)24(33)21-7-18-16(10-30-5-4-14-8-28-23(32)19(14)13-30)12-31(22(18)9-27-21)11-15-2-3-17(25)6-20(15)26/h2-3,6-7,9,12,14,19,34H,4-5,8,10-11,13H2,1H3,(H,28,32)/t14-,19-/m0/s1. The summed E-state index contributed by atoms with van der Waals surface area (Å²) in [6.45, 7) is 2.91. The van der Waals surface area contributed by atoms with Gasteiger partial charge in [-0.05, 0) is 36.6 Å². The van der Waals surface area contributed by atoms with Crippen molar-refractivity contribution in [3.63, 3.8) is 0 Å². The summed E-state index contributed by atoms with van der Waals surface area (Å²) in [6.07, 6.45) is 4.32. The van der Waals surface area contributed by atoms with Gasteiger partial charge in [0.15, 0.2) is 0 Å². The molecule has 5 rings (SSSR count). The van der Waals surface area contributed by atoms with E-state index in [-0.39, 0.29) is 24.1 Å². The fourth-order valence-corrected chi connectivity index (χ4v) is 4.99. The quantitative estimate of drug-likeness (QED) is 0.442. The zero-order valence-electron chi connectivity index (χ0n) is 18.7. The Kier molecular flexibility index (Phi) is 5.78. The van der Waals surface area contributed by atoms with E-state index in [4.69, 9.17) is 0 Å². The van der Waals surface area contributed by atoms with E-state index in [0.29, 0.717) is 35.2 Å². The Labute approximate surface area is 194 Å². The van der Waals surface area contributed by atoms with Crippen molar-refractivity contribution in [2.75, 3.05) is 26.7 Å². The summed E-state index contributed by atoms with van der Waals surface area (Å²) in [5.41, 5.74) is 1.98. The Balaban J connectivity index is 1.50. The van der Waals surface area contributed by atoms with Gasteiger partial charge in [-0.25, -0.2) is 18.8 Å². The lowest BCUT2D eigenvalue weighted by atomic mass is 9.88. The second kappa shape index (κ2) is 8.77. The number of hydrogen-bond donors (Lipinski definition) is 2. The Morgan fingerprint density at radius 2 is 2.09 bits per heavy atom. The first kappa shape index (κ1) is 22.4. The molecule has 1 aromatic carbocycles. The minimum Gasteiger partial charge on any atom is -0.356 e. The van der Waals surface area contributed by atoms with Crippen molar-refractivity contribution in [1.29, 1.82) is 0 Å². The van der Waals surface area contributed by atoms with Crippen molar-refractivity contribution in [1.82, 2.24) is 24.8 Å². The highest BCUT2D eigenvalue weighted by molar-refractivity contribution is 5.96. The zero-order chi connectivity index (χ0) is 24.0. The maximum Gasteiger partial charge on any atom is 0.295 e. The number of nitrogens with one attached hydrogen (secondary N) is 1. The van der Waals surface area contributed by atoms with Crippen molar-refractivity contribution in [3.8, 4) is 0 Å². The molecule has 8 nitrogen and oxygen atoms in total. The molecule has 2 N–H and O–H groups in total. The van der Waals surface area contributed by atoms with E-state index < -0.39 is 17.5 Å². The Bertz CT molecular complexity index is 1270. The number of likely N-dealkylation sites (tertiary alicyclic amines) is 1. The first-order valence-corrected chi connectivity index (χ1v) is 11.2. The first-order chi connectivity index (χ1) is 16.3. The topological polar surface area (TPSA) is 90.7 Å². The third-order valence-electron chi connectivity index (χ3n) is 6.83. The molecule has 0 radical (unpaired) electrons. The molecule has 10 heteroatoms. The normalized spacial score (nSPS) is 20.4. The monoisotopic (exact) mass is 469 g/mol. The number of nitrogens with zero attached hydrogens (tertiary/aromatic N) is 4. The second-order valence-electron chi connectivity index (χ2n) is 9.07. The van der Waals surface area contributed by atoms with Crippen molar-refractivity contribution in [3.05, 3.63) is 65.1 Å². The van der Waals surface area contributed by atoms with Gasteiger partial charge in [-0.15, -0.1) is 0 Å². The zero-order valence-corrected chi connectivity index (χ0v) is 18.7. The number of hydroxylamine groups is 2. The molecule has 3 aromatic rings. The molecule has 0 unspecified atom stereocenters. The number of piperidine rings is 1. The average molecular weight is 469 g/mol. The van der Waals surface area contributed by atoms with Crippen LogP contribution in [0.2, 0.25) is 0 Å². The van der Waals surface area contributed by atoms with Gasteiger partial charge in [0.05, 0.1) is 24.2 Å². The van der Waals surface area contributed by atoms with Crippen LogP contribution < -0.4 is 5.32 Å². The number of pyridine rings is 1. The summed E-state index contributed by atoms with van der Waals surface area (Å²) in [4.78, 5) is 30.9. The van der Waals surface area contributed by atoms with Crippen LogP contribution in [-0.2, 0) is 17.9 Å².